The van der Waals surface area contributed by atoms with Crippen molar-refractivity contribution in [1.29, 1.82) is 0 Å². The number of allylic oxidation sites excluding steroid dienone is 1. The number of nitrogens with one attached hydrogen (secondary N) is 2. The fourth-order valence-corrected chi connectivity index (χ4v) is 7.27. The van der Waals surface area contributed by atoms with Gasteiger partial charge in [-0.3, -0.25) is 14.4 Å². The number of thiocarbonyl (C=S) groups is 1. The summed E-state index contributed by atoms with van der Waals surface area (Å²) in [7, 11) is 6.72. The van der Waals surface area contributed by atoms with Crippen molar-refractivity contribution >= 4 is 57.6 Å². The van der Waals surface area contributed by atoms with E-state index >= 15 is 0 Å². The number of amides is 1. The van der Waals surface area contributed by atoms with Gasteiger partial charge in [-0.15, -0.1) is 4.91 Å². The van der Waals surface area contributed by atoms with Crippen molar-refractivity contribution in [2.24, 2.45) is 28.7 Å². The lowest BCUT2D eigenvalue weighted by atomic mass is 9.56. The Morgan fingerprint density at radius 3 is 2.31 bits per heavy atom. The number of hydrogen-bond donors (Lipinski definition) is 7. The molecule has 5 rings (SSSR count). The van der Waals surface area contributed by atoms with E-state index < -0.39 is 64.5 Å². The second-order valence-electron chi connectivity index (χ2n) is 12.0. The van der Waals surface area contributed by atoms with Crippen molar-refractivity contribution in [3.05, 3.63) is 57.7 Å². The zero-order valence-corrected chi connectivity index (χ0v) is 25.8. The predicted octanol–water partition coefficient (Wildman–Crippen LogP) is 1.56. The number of fused-ring (bicyclic) bond motifs is 3. The molecule has 2 aromatic rings. The number of hydrogen-bond acceptors (Lipinski definition) is 12. The number of phenolic OH excluding ortho intramolecular Hbond substituents is 1. The lowest BCUT2D eigenvalue weighted by Crippen LogP contribution is -2.71. The van der Waals surface area contributed by atoms with Crippen LogP contribution in [0.15, 0.2) is 46.8 Å². The van der Waals surface area contributed by atoms with Gasteiger partial charge in [0, 0.05) is 43.0 Å². The van der Waals surface area contributed by atoms with Gasteiger partial charge >= 0.3 is 0 Å². The molecule has 1 saturated carbocycles. The van der Waals surface area contributed by atoms with Crippen LogP contribution in [-0.4, -0.2) is 93.8 Å². The summed E-state index contributed by atoms with van der Waals surface area (Å²) >= 11 is 5.41. The second-order valence-corrected chi connectivity index (χ2v) is 12.5. The monoisotopic (exact) mass is 638 g/mol. The average Bonchev–Trinajstić information content (AvgIpc) is 2.96. The third-order valence-corrected chi connectivity index (χ3v) is 9.23. The summed E-state index contributed by atoms with van der Waals surface area (Å²) in [6, 6.07) is 6.80. The van der Waals surface area contributed by atoms with E-state index in [0.29, 0.717) is 16.9 Å². The molecular weight excluding hydrogens is 604 g/mol. The van der Waals surface area contributed by atoms with E-state index in [9.17, 15) is 39.7 Å². The molecular formula is C30H34N6O8S. The highest BCUT2D eigenvalue weighted by atomic mass is 32.1. The van der Waals surface area contributed by atoms with Crippen LogP contribution in [0.2, 0.25) is 0 Å². The van der Waals surface area contributed by atoms with Gasteiger partial charge in [0.25, 0.3) is 0 Å². The van der Waals surface area contributed by atoms with E-state index in [-0.39, 0.29) is 40.5 Å². The number of nitrogens with two attached hydrogens (primary N) is 1. The number of aromatic hydroxyl groups is 1. The van der Waals surface area contributed by atoms with E-state index in [0.717, 1.165) is 0 Å². The fraction of sp³-hybridized carbons (Fsp3) is 0.400. The molecule has 0 spiro atoms. The Morgan fingerprint density at radius 1 is 1.11 bits per heavy atom. The van der Waals surface area contributed by atoms with Gasteiger partial charge in [-0.05, 0) is 86.1 Å². The summed E-state index contributed by atoms with van der Waals surface area (Å²) in [6.45, 7) is 0. The molecule has 3 aliphatic carbocycles. The lowest BCUT2D eigenvalue weighted by Gasteiger charge is -2.53. The second kappa shape index (κ2) is 11.5. The number of aliphatic hydroxyl groups excluding tert-OH is 2. The van der Waals surface area contributed by atoms with Gasteiger partial charge < -0.3 is 46.6 Å². The predicted molar refractivity (Wildman–Crippen MR) is 170 cm³/mol. The summed E-state index contributed by atoms with van der Waals surface area (Å²) in [6.07, 6.45) is -1.39. The summed E-state index contributed by atoms with van der Waals surface area (Å²) in [5, 5.41) is 54.6. The first-order chi connectivity index (χ1) is 21.1. The molecule has 0 heterocycles. The van der Waals surface area contributed by atoms with Gasteiger partial charge in [0.2, 0.25) is 5.91 Å². The number of phenols is 1. The Hall–Kier alpha value is -4.44. The smallest absolute Gasteiger partial charge is 0.230 e. The number of Topliss-reactive ketones (excluding diaryl/α,β-unsaturated/α-hetero) is 2. The van der Waals surface area contributed by atoms with Crippen molar-refractivity contribution in [3.8, 4) is 5.75 Å². The first-order valence-electron chi connectivity index (χ1n) is 14.1. The molecule has 2 aromatic carbocycles. The van der Waals surface area contributed by atoms with Crippen LogP contribution >= 0.6 is 12.2 Å². The minimum Gasteiger partial charge on any atom is -0.508 e. The first kappa shape index (κ1) is 32.0. The molecule has 1 fully saturated rings. The van der Waals surface area contributed by atoms with Gasteiger partial charge in [0.15, 0.2) is 28.0 Å². The maximum atomic E-state index is 14.2. The zero-order valence-electron chi connectivity index (χ0n) is 24.9. The Kier molecular flexibility index (Phi) is 8.16. The summed E-state index contributed by atoms with van der Waals surface area (Å²) < 4.78 is 0. The maximum Gasteiger partial charge on any atom is 0.230 e. The highest BCUT2D eigenvalue weighted by molar-refractivity contribution is 7.80. The molecule has 0 bridgehead atoms. The third kappa shape index (κ3) is 5.01. The molecule has 45 heavy (non-hydrogen) atoms. The Morgan fingerprint density at radius 2 is 1.76 bits per heavy atom. The molecule has 0 aromatic heterocycles. The first-order valence-corrected chi connectivity index (χ1v) is 14.5. The van der Waals surface area contributed by atoms with E-state index in [1.807, 2.05) is 0 Å². The average molecular weight is 639 g/mol. The number of nitroso groups, excluding NO2 is 1. The highest BCUT2D eigenvalue weighted by Gasteiger charge is 2.66. The molecule has 1 amide bonds. The van der Waals surface area contributed by atoms with E-state index in [2.05, 4.69) is 15.8 Å². The molecule has 14 nitrogen and oxygen atoms in total. The number of nitrogens with zero attached hydrogens (tertiary/aromatic N) is 3. The van der Waals surface area contributed by atoms with Crippen LogP contribution in [-0.2, 0) is 16.0 Å². The number of primary amides is 1. The molecule has 0 aliphatic heterocycles. The van der Waals surface area contributed by atoms with Gasteiger partial charge in [0.05, 0.1) is 17.4 Å². The van der Waals surface area contributed by atoms with Crippen molar-refractivity contribution in [3.63, 3.8) is 0 Å². The van der Waals surface area contributed by atoms with Crippen molar-refractivity contribution in [2.45, 2.75) is 30.6 Å². The van der Waals surface area contributed by atoms with Crippen LogP contribution in [0.3, 0.4) is 0 Å². The molecule has 0 radical (unpaired) electrons. The van der Waals surface area contributed by atoms with Crippen LogP contribution in [0.5, 0.6) is 5.75 Å². The molecule has 0 saturated heterocycles. The quantitative estimate of drug-likeness (QED) is 0.104. The van der Waals surface area contributed by atoms with Crippen molar-refractivity contribution < 1.29 is 34.8 Å². The number of carbonyl (C=O) groups is 3. The van der Waals surface area contributed by atoms with E-state index in [4.69, 9.17) is 18.0 Å². The van der Waals surface area contributed by atoms with Crippen LogP contribution in [0.4, 0.5) is 22.7 Å². The van der Waals surface area contributed by atoms with Crippen molar-refractivity contribution in [2.75, 3.05) is 43.7 Å². The normalized spacial score (nSPS) is 27.3. The van der Waals surface area contributed by atoms with Gasteiger partial charge in [-0.2, -0.15) is 0 Å². The number of aliphatic hydroxyl groups is 3. The summed E-state index contributed by atoms with van der Waals surface area (Å²) in [4.78, 5) is 54.0. The number of rotatable bonds is 6. The van der Waals surface area contributed by atoms with Gasteiger partial charge in [-0.1, -0.05) is 0 Å². The summed E-state index contributed by atoms with van der Waals surface area (Å²) in [5.41, 5.74) is 4.24. The highest BCUT2D eigenvalue weighted by Crippen LogP contribution is 2.54. The van der Waals surface area contributed by atoms with Crippen LogP contribution in [0, 0.1) is 22.7 Å². The Labute approximate surface area is 263 Å². The summed E-state index contributed by atoms with van der Waals surface area (Å²) in [5.74, 6) is -8.13. The molecule has 238 valence electrons. The van der Waals surface area contributed by atoms with Crippen molar-refractivity contribution in [1.82, 2.24) is 4.90 Å². The number of carbonyl (C=O) groups excluding carboxylic acids is 3. The third-order valence-electron chi connectivity index (χ3n) is 9.03. The minimum absolute atomic E-state index is 0.0122. The topological polar surface area (TPSA) is 218 Å². The lowest BCUT2D eigenvalue weighted by molar-refractivity contribution is -0.178. The van der Waals surface area contributed by atoms with Gasteiger partial charge in [0.1, 0.15) is 17.4 Å². The van der Waals surface area contributed by atoms with E-state index in [1.165, 1.54) is 12.1 Å². The standard InChI is InChI=1S/C30H34N6O8S/c1-35(2)18-11-17(33-29(45)32-13-5-7-14(34-44)8-6-13)23(37)20-15(18)9-12-10-16-22(36(3)4)25(39)21(28(31)42)27(41)30(16,43)26(40)19(12)24(20)38/h5-8,11-12,16,21-22,25,37,39-40,43H,9-10H2,1-4H3,(H2,31,42)(H2,32,33,45)/t12?,16?,21?,22-,25?,30-/m0/s1. The number of likely N-dealkylation sites (N-methyl/N-ethyl adjacent to an activating group) is 1. The van der Waals surface area contributed by atoms with Crippen LogP contribution in [0.1, 0.15) is 22.3 Å². The largest absolute Gasteiger partial charge is 0.508 e. The SMILES string of the molecule is CN(C)c1cc(NC(=S)Nc2ccc(N=O)cc2)c(O)c2c1CC1CC3[C@H](N(C)C)C(O)C(C(N)=O)C(=O)[C@@]3(O)C(O)=C1C2=O. The van der Waals surface area contributed by atoms with E-state index in [1.54, 1.807) is 56.2 Å². The Bertz CT molecular complexity index is 1660. The number of benzene rings is 2. The van der Waals surface area contributed by atoms with Crippen LogP contribution < -0.4 is 21.3 Å². The fourth-order valence-electron chi connectivity index (χ4n) is 7.04. The molecule has 3 aliphatic rings. The van der Waals surface area contributed by atoms with Gasteiger partial charge in [-0.25, -0.2) is 0 Å². The zero-order chi connectivity index (χ0) is 33.1. The number of ketones is 2. The molecule has 6 atom stereocenters. The minimum atomic E-state index is -2.68. The maximum absolute atomic E-state index is 14.2. The number of anilines is 3. The molecule has 8 N–H and O–H groups in total. The molecule has 4 unspecified atom stereocenters. The molecule has 15 heteroatoms. The Balaban J connectivity index is 1.59. The van der Waals surface area contributed by atoms with Crippen LogP contribution in [0.25, 0.3) is 0 Å².